The highest BCUT2D eigenvalue weighted by molar-refractivity contribution is 7.09. The summed E-state index contributed by atoms with van der Waals surface area (Å²) in [5.41, 5.74) is 2.71. The van der Waals surface area contributed by atoms with Crippen molar-refractivity contribution in [2.45, 2.75) is 32.9 Å². The van der Waals surface area contributed by atoms with Gasteiger partial charge in [0.1, 0.15) is 0 Å². The van der Waals surface area contributed by atoms with E-state index in [1.165, 1.54) is 0 Å². The largest absolute Gasteiger partial charge is 0.322 e. The third-order valence-electron chi connectivity index (χ3n) is 3.77. The molecule has 1 N–H and O–H groups in total. The van der Waals surface area contributed by atoms with Gasteiger partial charge in [-0.25, -0.2) is 4.98 Å². The molecule has 0 atom stereocenters. The number of benzene rings is 1. The summed E-state index contributed by atoms with van der Waals surface area (Å²) in [6.45, 7) is 5.66. The van der Waals surface area contributed by atoms with E-state index >= 15 is 0 Å². The third kappa shape index (κ3) is 3.68. The number of para-hydroxylation sites is 1. The fourth-order valence-corrected chi connectivity index (χ4v) is 3.42. The van der Waals surface area contributed by atoms with Crippen LogP contribution in [0.1, 0.15) is 36.0 Å². The van der Waals surface area contributed by atoms with Crippen molar-refractivity contribution in [1.82, 2.24) is 14.9 Å². The molecule has 0 unspecified atom stereocenters. The summed E-state index contributed by atoms with van der Waals surface area (Å²) in [6.07, 6.45) is 0. The maximum absolute atomic E-state index is 12.2. The van der Waals surface area contributed by atoms with Crippen molar-refractivity contribution in [1.29, 1.82) is 0 Å². The summed E-state index contributed by atoms with van der Waals surface area (Å²) in [5, 5.41) is 4.33. The smallest absolute Gasteiger partial charge is 0.252 e. The van der Waals surface area contributed by atoms with Gasteiger partial charge in [-0.05, 0) is 24.6 Å². The molecule has 2 heterocycles. The number of nitrogens with zero attached hydrogens (tertiary/aromatic N) is 2. The van der Waals surface area contributed by atoms with Gasteiger partial charge in [0.15, 0.2) is 0 Å². The lowest BCUT2D eigenvalue weighted by atomic mass is 10.1. The molecule has 0 amide bonds. The molecular weight excluding hydrogens is 306 g/mol. The van der Waals surface area contributed by atoms with Crippen LogP contribution in [0.2, 0.25) is 0 Å². The van der Waals surface area contributed by atoms with Gasteiger partial charge in [-0.2, -0.15) is 0 Å². The molecule has 5 heteroatoms. The van der Waals surface area contributed by atoms with Crippen molar-refractivity contribution >= 4 is 22.2 Å². The molecule has 1 aromatic carbocycles. The number of rotatable bonds is 5. The number of aromatic nitrogens is 2. The van der Waals surface area contributed by atoms with Crippen molar-refractivity contribution in [3.8, 4) is 0 Å². The van der Waals surface area contributed by atoms with Gasteiger partial charge in [-0.3, -0.25) is 9.69 Å². The maximum atomic E-state index is 12.2. The molecule has 3 rings (SSSR count). The number of H-pyrrole nitrogens is 1. The summed E-state index contributed by atoms with van der Waals surface area (Å²) < 4.78 is 0. The summed E-state index contributed by atoms with van der Waals surface area (Å²) >= 11 is 1.71. The van der Waals surface area contributed by atoms with Gasteiger partial charge in [0.2, 0.25) is 0 Å². The highest BCUT2D eigenvalue weighted by atomic mass is 32.1. The van der Waals surface area contributed by atoms with Gasteiger partial charge < -0.3 is 4.98 Å². The molecule has 0 saturated heterocycles. The Bertz CT molecular complexity index is 866. The van der Waals surface area contributed by atoms with Crippen LogP contribution in [0.3, 0.4) is 0 Å². The van der Waals surface area contributed by atoms with Crippen LogP contribution in [0.15, 0.2) is 40.5 Å². The van der Waals surface area contributed by atoms with E-state index in [-0.39, 0.29) is 5.56 Å². The van der Waals surface area contributed by atoms with E-state index in [0.29, 0.717) is 12.5 Å². The SMILES string of the molecule is CC(C)c1nc(CN(C)Cc2cc3ccccc3[nH]c2=O)cs1. The molecule has 0 radical (unpaired) electrons. The fourth-order valence-electron chi connectivity index (χ4n) is 2.59. The lowest BCUT2D eigenvalue weighted by Crippen LogP contribution is -2.23. The molecule has 0 spiro atoms. The van der Waals surface area contributed by atoms with Gasteiger partial charge in [-0.1, -0.05) is 32.0 Å². The molecule has 4 nitrogen and oxygen atoms in total. The second-order valence-corrected chi connectivity index (χ2v) is 7.10. The monoisotopic (exact) mass is 327 g/mol. The standard InChI is InChI=1S/C18H21N3OS/c1-12(2)18-19-15(11-23-18)10-21(3)9-14-8-13-6-4-5-7-16(13)20-17(14)22/h4-8,11-12H,9-10H2,1-3H3,(H,20,22). The second kappa shape index (κ2) is 6.64. The Morgan fingerprint density at radius 2 is 2.04 bits per heavy atom. The van der Waals surface area contributed by atoms with E-state index in [0.717, 1.165) is 33.7 Å². The van der Waals surface area contributed by atoms with Crippen molar-refractivity contribution in [3.63, 3.8) is 0 Å². The van der Waals surface area contributed by atoms with Crippen LogP contribution >= 0.6 is 11.3 Å². The van der Waals surface area contributed by atoms with Crippen molar-refractivity contribution in [2.24, 2.45) is 0 Å². The number of thiazole rings is 1. The predicted octanol–water partition coefficient (Wildman–Crippen LogP) is 3.74. The quantitative estimate of drug-likeness (QED) is 0.776. The zero-order chi connectivity index (χ0) is 16.4. The Morgan fingerprint density at radius 1 is 1.26 bits per heavy atom. The zero-order valence-electron chi connectivity index (χ0n) is 13.7. The summed E-state index contributed by atoms with van der Waals surface area (Å²) in [4.78, 5) is 21.9. The molecule has 0 saturated carbocycles. The number of hydrogen-bond acceptors (Lipinski definition) is 4. The number of fused-ring (bicyclic) bond motifs is 1. The van der Waals surface area contributed by atoms with Crippen molar-refractivity contribution in [3.05, 3.63) is 62.3 Å². The van der Waals surface area contributed by atoms with E-state index in [4.69, 9.17) is 0 Å². The average Bonchev–Trinajstić information content (AvgIpc) is 2.96. The lowest BCUT2D eigenvalue weighted by molar-refractivity contribution is 0.314. The number of pyridine rings is 1. The molecule has 0 aliphatic carbocycles. The fraction of sp³-hybridized carbons (Fsp3) is 0.333. The van der Waals surface area contributed by atoms with Gasteiger partial charge in [-0.15, -0.1) is 11.3 Å². The highest BCUT2D eigenvalue weighted by Crippen LogP contribution is 2.20. The van der Waals surface area contributed by atoms with Gasteiger partial charge >= 0.3 is 0 Å². The lowest BCUT2D eigenvalue weighted by Gasteiger charge is -2.15. The van der Waals surface area contributed by atoms with Crippen LogP contribution < -0.4 is 5.56 Å². The molecule has 2 aromatic heterocycles. The average molecular weight is 327 g/mol. The van der Waals surface area contributed by atoms with E-state index in [2.05, 4.69) is 34.1 Å². The van der Waals surface area contributed by atoms with Crippen LogP contribution in [0.25, 0.3) is 10.9 Å². The summed E-state index contributed by atoms with van der Waals surface area (Å²) in [6, 6.07) is 9.83. The van der Waals surface area contributed by atoms with Crippen LogP contribution in [-0.2, 0) is 13.1 Å². The minimum atomic E-state index is -0.0169. The number of aromatic amines is 1. The molecule has 0 aliphatic heterocycles. The van der Waals surface area contributed by atoms with E-state index in [1.54, 1.807) is 11.3 Å². The molecule has 3 aromatic rings. The third-order valence-corrected chi connectivity index (χ3v) is 4.96. The molecule has 0 fully saturated rings. The molecule has 23 heavy (non-hydrogen) atoms. The Kier molecular flexibility index (Phi) is 4.59. The van der Waals surface area contributed by atoms with Crippen molar-refractivity contribution < 1.29 is 0 Å². The van der Waals surface area contributed by atoms with Gasteiger partial charge in [0, 0.05) is 35.5 Å². The van der Waals surface area contributed by atoms with Crippen molar-refractivity contribution in [2.75, 3.05) is 7.05 Å². The van der Waals surface area contributed by atoms with E-state index < -0.39 is 0 Å². The first-order valence-electron chi connectivity index (χ1n) is 7.76. The minimum absolute atomic E-state index is 0.0169. The molecule has 120 valence electrons. The second-order valence-electron chi connectivity index (χ2n) is 6.22. The predicted molar refractivity (Wildman–Crippen MR) is 95.9 cm³/mol. The minimum Gasteiger partial charge on any atom is -0.322 e. The molecule has 0 aliphatic rings. The summed E-state index contributed by atoms with van der Waals surface area (Å²) in [5.74, 6) is 0.461. The Balaban J connectivity index is 1.75. The first-order chi connectivity index (χ1) is 11.0. The Morgan fingerprint density at radius 3 is 2.78 bits per heavy atom. The van der Waals surface area contributed by atoms with Crippen LogP contribution in [0, 0.1) is 0 Å². The maximum Gasteiger partial charge on any atom is 0.252 e. The number of hydrogen-bond donors (Lipinski definition) is 1. The zero-order valence-corrected chi connectivity index (χ0v) is 14.5. The van der Waals surface area contributed by atoms with Gasteiger partial charge in [0.05, 0.1) is 10.7 Å². The topological polar surface area (TPSA) is 49.0 Å². The molecule has 0 bridgehead atoms. The van der Waals surface area contributed by atoms with E-state index in [1.807, 2.05) is 37.4 Å². The van der Waals surface area contributed by atoms with Crippen LogP contribution in [0.5, 0.6) is 0 Å². The van der Waals surface area contributed by atoms with E-state index in [9.17, 15) is 4.79 Å². The number of nitrogens with one attached hydrogen (secondary N) is 1. The van der Waals surface area contributed by atoms with Crippen LogP contribution in [0.4, 0.5) is 0 Å². The highest BCUT2D eigenvalue weighted by Gasteiger charge is 2.10. The Labute approximate surface area is 139 Å². The normalized spacial score (nSPS) is 11.7. The Hall–Kier alpha value is -1.98. The summed E-state index contributed by atoms with van der Waals surface area (Å²) in [7, 11) is 2.02. The van der Waals surface area contributed by atoms with Crippen LogP contribution in [-0.4, -0.2) is 21.9 Å². The molecular formula is C18H21N3OS. The van der Waals surface area contributed by atoms with Gasteiger partial charge in [0.25, 0.3) is 5.56 Å². The first kappa shape index (κ1) is 15.9. The first-order valence-corrected chi connectivity index (χ1v) is 8.64.